The van der Waals surface area contributed by atoms with Crippen LogP contribution in [0, 0.1) is 11.8 Å². The lowest BCUT2D eigenvalue weighted by Gasteiger charge is -2.22. The minimum atomic E-state index is -0.438. The first-order valence-corrected chi connectivity index (χ1v) is 10.1. The standard InChI is InChI=1S/C13H9Cl2N3O2.C8H16/c14-8-1-3-11(17-7-19)10(5-8)13(20)18-12-4-2-9(15)6-16-12;1-7-3-5-8(2)6-4-7/h1-7H,(H,17,19)(H,16,18,20);7-8H,3-6H2,1-2H3. The van der Waals surface area contributed by atoms with Gasteiger partial charge in [-0.3, -0.25) is 9.59 Å². The number of carbonyl (C=O) groups is 2. The molecule has 0 atom stereocenters. The van der Waals surface area contributed by atoms with Gasteiger partial charge in [0.2, 0.25) is 6.41 Å². The van der Waals surface area contributed by atoms with Crippen LogP contribution < -0.4 is 10.6 Å². The van der Waals surface area contributed by atoms with Crippen LogP contribution in [0.2, 0.25) is 10.0 Å². The Morgan fingerprint density at radius 1 is 1.04 bits per heavy atom. The zero-order chi connectivity index (χ0) is 20.5. The Balaban J connectivity index is 0.000000292. The van der Waals surface area contributed by atoms with Crippen LogP contribution in [0.1, 0.15) is 49.9 Å². The third-order valence-corrected chi connectivity index (χ3v) is 5.17. The van der Waals surface area contributed by atoms with E-state index >= 15 is 0 Å². The maximum Gasteiger partial charge on any atom is 0.258 e. The SMILES string of the molecule is CC1CCC(C)CC1.O=CNc1ccc(Cl)cc1C(=O)Nc1ccc(Cl)cn1. The van der Waals surface area contributed by atoms with Gasteiger partial charge < -0.3 is 10.6 Å². The van der Waals surface area contributed by atoms with Crippen molar-refractivity contribution in [3.63, 3.8) is 0 Å². The van der Waals surface area contributed by atoms with Gasteiger partial charge in [0.05, 0.1) is 16.3 Å². The summed E-state index contributed by atoms with van der Waals surface area (Å²) in [5.41, 5.74) is 0.595. The van der Waals surface area contributed by atoms with Gasteiger partial charge in [-0.2, -0.15) is 0 Å². The van der Waals surface area contributed by atoms with E-state index in [2.05, 4.69) is 29.5 Å². The Labute approximate surface area is 175 Å². The third kappa shape index (κ3) is 7.13. The maximum absolute atomic E-state index is 12.1. The average Bonchev–Trinajstić information content (AvgIpc) is 2.68. The predicted octanol–water partition coefficient (Wildman–Crippen LogP) is 6.04. The number of nitrogens with one attached hydrogen (secondary N) is 2. The molecule has 0 spiro atoms. The van der Waals surface area contributed by atoms with Gasteiger partial charge in [0.1, 0.15) is 5.82 Å². The number of anilines is 2. The van der Waals surface area contributed by atoms with Crippen LogP contribution in [0.5, 0.6) is 0 Å². The van der Waals surface area contributed by atoms with Crippen molar-refractivity contribution in [3.05, 3.63) is 52.1 Å². The van der Waals surface area contributed by atoms with Crippen LogP contribution in [-0.2, 0) is 4.79 Å². The number of halogens is 2. The first-order chi connectivity index (χ1) is 13.4. The van der Waals surface area contributed by atoms with Gasteiger partial charge in [-0.1, -0.05) is 62.7 Å². The van der Waals surface area contributed by atoms with Gasteiger partial charge in [0, 0.05) is 11.2 Å². The summed E-state index contributed by atoms with van der Waals surface area (Å²) in [5.74, 6) is 1.94. The van der Waals surface area contributed by atoms with Crippen molar-refractivity contribution < 1.29 is 9.59 Å². The normalized spacial score (nSPS) is 18.4. The lowest BCUT2D eigenvalue weighted by atomic mass is 9.84. The van der Waals surface area contributed by atoms with Gasteiger partial charge in [-0.15, -0.1) is 0 Å². The molecule has 2 aromatic rings. The van der Waals surface area contributed by atoms with Gasteiger partial charge in [0.25, 0.3) is 5.91 Å². The minimum Gasteiger partial charge on any atom is -0.328 e. The highest BCUT2D eigenvalue weighted by Gasteiger charge is 2.14. The highest BCUT2D eigenvalue weighted by Crippen LogP contribution is 2.27. The molecule has 0 saturated heterocycles. The minimum absolute atomic E-state index is 0.237. The van der Waals surface area contributed by atoms with Crippen LogP contribution in [0.4, 0.5) is 11.5 Å². The zero-order valence-corrected chi connectivity index (χ0v) is 17.6. The number of rotatable bonds is 4. The molecule has 1 aromatic heterocycles. The summed E-state index contributed by atoms with van der Waals surface area (Å²) in [5, 5.41) is 5.88. The second-order valence-electron chi connectivity index (χ2n) is 7.13. The van der Waals surface area contributed by atoms with E-state index in [0.717, 1.165) is 11.8 Å². The largest absolute Gasteiger partial charge is 0.328 e. The van der Waals surface area contributed by atoms with Gasteiger partial charge in [-0.25, -0.2) is 4.98 Å². The van der Waals surface area contributed by atoms with Gasteiger partial charge >= 0.3 is 0 Å². The molecule has 1 saturated carbocycles. The van der Waals surface area contributed by atoms with E-state index in [4.69, 9.17) is 23.2 Å². The van der Waals surface area contributed by atoms with E-state index in [1.807, 2.05) is 0 Å². The number of carbonyl (C=O) groups excluding carboxylic acids is 2. The Bertz CT molecular complexity index is 779. The summed E-state index contributed by atoms with van der Waals surface area (Å²) in [6, 6.07) is 7.74. The molecule has 5 nitrogen and oxygen atoms in total. The molecule has 0 unspecified atom stereocenters. The molecule has 28 heavy (non-hydrogen) atoms. The molecule has 1 aliphatic carbocycles. The van der Waals surface area contributed by atoms with Crippen LogP contribution in [0.3, 0.4) is 0 Å². The van der Waals surface area contributed by atoms with E-state index < -0.39 is 5.91 Å². The van der Waals surface area contributed by atoms with Crippen molar-refractivity contribution in [3.8, 4) is 0 Å². The topological polar surface area (TPSA) is 71.1 Å². The molecule has 150 valence electrons. The molecule has 0 aliphatic heterocycles. The van der Waals surface area contributed by atoms with Crippen LogP contribution >= 0.6 is 23.2 Å². The highest BCUT2D eigenvalue weighted by atomic mass is 35.5. The second kappa shape index (κ2) is 11.0. The lowest BCUT2D eigenvalue weighted by molar-refractivity contribution is -0.105. The molecule has 2 amide bonds. The monoisotopic (exact) mass is 421 g/mol. The Hall–Kier alpha value is -2.11. The number of benzene rings is 1. The van der Waals surface area contributed by atoms with E-state index in [0.29, 0.717) is 28.0 Å². The fourth-order valence-electron chi connectivity index (χ4n) is 2.95. The van der Waals surface area contributed by atoms with Crippen molar-refractivity contribution in [2.45, 2.75) is 39.5 Å². The summed E-state index contributed by atoms with van der Waals surface area (Å²) in [7, 11) is 0. The molecule has 0 bridgehead atoms. The van der Waals surface area contributed by atoms with Crippen molar-refractivity contribution in [1.29, 1.82) is 0 Å². The number of hydrogen-bond acceptors (Lipinski definition) is 3. The number of nitrogens with zero attached hydrogens (tertiary/aromatic N) is 1. The van der Waals surface area contributed by atoms with E-state index in [-0.39, 0.29) is 5.56 Å². The van der Waals surface area contributed by atoms with Crippen LogP contribution in [0.25, 0.3) is 0 Å². The van der Waals surface area contributed by atoms with Crippen molar-refractivity contribution in [2.75, 3.05) is 10.6 Å². The number of aromatic nitrogens is 1. The van der Waals surface area contributed by atoms with Crippen molar-refractivity contribution in [2.24, 2.45) is 11.8 Å². The number of amides is 2. The molecule has 1 aromatic carbocycles. The molecular weight excluding hydrogens is 397 g/mol. The predicted molar refractivity (Wildman–Crippen MR) is 115 cm³/mol. The first kappa shape index (κ1) is 22.2. The molecule has 1 fully saturated rings. The Morgan fingerprint density at radius 3 is 2.18 bits per heavy atom. The fraction of sp³-hybridized carbons (Fsp3) is 0.381. The van der Waals surface area contributed by atoms with E-state index in [9.17, 15) is 9.59 Å². The molecular formula is C21H25Cl2N3O2. The summed E-state index contributed by atoms with van der Waals surface area (Å²) in [6.07, 6.45) is 7.80. The van der Waals surface area contributed by atoms with Crippen LogP contribution in [-0.4, -0.2) is 17.3 Å². The fourth-order valence-corrected chi connectivity index (χ4v) is 3.24. The molecule has 0 radical (unpaired) electrons. The molecule has 1 heterocycles. The highest BCUT2D eigenvalue weighted by molar-refractivity contribution is 6.31. The number of hydrogen-bond donors (Lipinski definition) is 2. The summed E-state index contributed by atoms with van der Waals surface area (Å²) < 4.78 is 0. The van der Waals surface area contributed by atoms with Crippen molar-refractivity contribution >= 4 is 47.0 Å². The quantitative estimate of drug-likeness (QED) is 0.590. The maximum atomic E-state index is 12.1. The van der Waals surface area contributed by atoms with Gasteiger partial charge in [-0.05, 0) is 42.2 Å². The molecule has 3 rings (SSSR count). The summed E-state index contributed by atoms with van der Waals surface area (Å²) in [4.78, 5) is 26.6. The second-order valence-corrected chi connectivity index (χ2v) is 8.01. The van der Waals surface area contributed by atoms with Gasteiger partial charge in [0.15, 0.2) is 0 Å². The molecule has 1 aliphatic rings. The van der Waals surface area contributed by atoms with Crippen LogP contribution in [0.15, 0.2) is 36.5 Å². The summed E-state index contributed by atoms with van der Waals surface area (Å²) in [6.45, 7) is 4.73. The van der Waals surface area contributed by atoms with E-state index in [1.54, 1.807) is 24.3 Å². The Morgan fingerprint density at radius 2 is 1.64 bits per heavy atom. The average molecular weight is 422 g/mol. The smallest absolute Gasteiger partial charge is 0.258 e. The Kier molecular flexibility index (Phi) is 8.74. The molecule has 7 heteroatoms. The zero-order valence-electron chi connectivity index (χ0n) is 16.0. The molecule has 2 N–H and O–H groups in total. The third-order valence-electron chi connectivity index (χ3n) is 4.71. The van der Waals surface area contributed by atoms with E-state index in [1.165, 1.54) is 37.9 Å². The first-order valence-electron chi connectivity index (χ1n) is 9.31. The summed E-state index contributed by atoms with van der Waals surface area (Å²) >= 11 is 11.6. The lowest BCUT2D eigenvalue weighted by Crippen LogP contribution is -2.15. The number of pyridine rings is 1. The van der Waals surface area contributed by atoms with Crippen molar-refractivity contribution in [1.82, 2.24) is 4.98 Å².